The van der Waals surface area contributed by atoms with Gasteiger partial charge in [0.15, 0.2) is 0 Å². The number of amides is 1. The predicted octanol–water partition coefficient (Wildman–Crippen LogP) is 4.71. The second-order valence-electron chi connectivity index (χ2n) is 7.57. The fourth-order valence-corrected chi connectivity index (χ4v) is 3.48. The normalized spacial score (nSPS) is 12.6. The van der Waals surface area contributed by atoms with Crippen molar-refractivity contribution in [3.8, 4) is 0 Å². The molecule has 6 heteroatoms. The Morgan fingerprint density at radius 3 is 2.59 bits per heavy atom. The number of hydrogen-bond acceptors (Lipinski definition) is 3. The molecule has 1 atom stereocenters. The topological polar surface area (TPSA) is 55.2 Å². The number of unbranched alkanes of at least 4 members (excludes halogenated alkanes) is 2. The van der Waals surface area contributed by atoms with Gasteiger partial charge in [-0.2, -0.15) is 0 Å². The molecule has 1 unspecified atom stereocenters. The minimum Gasteiger partial charge on any atom is -0.333 e. The number of hydrogen-bond donors (Lipinski definition) is 0. The maximum atomic E-state index is 12.9. The van der Waals surface area contributed by atoms with Gasteiger partial charge in [0.25, 0.3) is 5.56 Å². The van der Waals surface area contributed by atoms with Crippen LogP contribution < -0.4 is 5.56 Å². The number of rotatable bonds is 8. The summed E-state index contributed by atoms with van der Waals surface area (Å²) in [5.41, 5.74) is 0.458. The Labute approximate surface area is 166 Å². The van der Waals surface area contributed by atoms with Crippen LogP contribution in [0.3, 0.4) is 0 Å². The van der Waals surface area contributed by atoms with E-state index < -0.39 is 0 Å². The molecule has 0 aliphatic rings. The molecule has 1 aromatic heterocycles. The van der Waals surface area contributed by atoms with Crippen molar-refractivity contribution in [3.05, 3.63) is 39.4 Å². The molecule has 1 aromatic carbocycles. The molecular formula is C21H30ClN3O2. The average Bonchev–Trinajstić information content (AvgIpc) is 2.62. The van der Waals surface area contributed by atoms with E-state index in [1.54, 1.807) is 25.2 Å². The van der Waals surface area contributed by atoms with Gasteiger partial charge in [0.1, 0.15) is 5.82 Å². The van der Waals surface area contributed by atoms with Crippen LogP contribution in [0.25, 0.3) is 10.9 Å². The van der Waals surface area contributed by atoms with Crippen molar-refractivity contribution in [1.82, 2.24) is 14.5 Å². The molecule has 5 nitrogen and oxygen atoms in total. The zero-order valence-electron chi connectivity index (χ0n) is 17.0. The van der Waals surface area contributed by atoms with Gasteiger partial charge >= 0.3 is 0 Å². The van der Waals surface area contributed by atoms with Gasteiger partial charge < -0.3 is 4.90 Å². The van der Waals surface area contributed by atoms with E-state index in [2.05, 4.69) is 20.8 Å². The molecule has 0 spiro atoms. The van der Waals surface area contributed by atoms with E-state index >= 15 is 0 Å². The van der Waals surface area contributed by atoms with E-state index in [9.17, 15) is 9.59 Å². The summed E-state index contributed by atoms with van der Waals surface area (Å²) in [5.74, 6) is 1.05. The maximum absolute atomic E-state index is 12.9. The fraction of sp³-hybridized carbons (Fsp3) is 0.571. The molecule has 0 bridgehead atoms. The molecular weight excluding hydrogens is 362 g/mol. The zero-order valence-corrected chi connectivity index (χ0v) is 17.7. The Bertz CT molecular complexity index is 860. The molecule has 1 heterocycles. The Morgan fingerprint density at radius 1 is 1.26 bits per heavy atom. The first-order valence-corrected chi connectivity index (χ1v) is 10.1. The van der Waals surface area contributed by atoms with Crippen LogP contribution in [-0.4, -0.2) is 26.9 Å². The summed E-state index contributed by atoms with van der Waals surface area (Å²) in [5, 5.41) is 1.00. The smallest absolute Gasteiger partial charge is 0.261 e. The van der Waals surface area contributed by atoms with Gasteiger partial charge in [-0.3, -0.25) is 14.2 Å². The number of benzene rings is 1. The van der Waals surface area contributed by atoms with Crippen LogP contribution in [-0.2, 0) is 11.8 Å². The summed E-state index contributed by atoms with van der Waals surface area (Å²) in [6, 6.07) is 4.85. The van der Waals surface area contributed by atoms with E-state index in [1.807, 2.05) is 11.8 Å². The van der Waals surface area contributed by atoms with Crippen molar-refractivity contribution in [2.24, 2.45) is 13.0 Å². The van der Waals surface area contributed by atoms with Gasteiger partial charge in [0.2, 0.25) is 5.91 Å². The van der Waals surface area contributed by atoms with E-state index in [0.717, 1.165) is 19.3 Å². The number of carbonyl (C=O) groups excluding carboxylic acids is 1. The third-order valence-electron chi connectivity index (χ3n) is 4.79. The molecule has 0 saturated heterocycles. The lowest BCUT2D eigenvalue weighted by Crippen LogP contribution is -2.39. The van der Waals surface area contributed by atoms with Crippen molar-refractivity contribution in [1.29, 1.82) is 0 Å². The Balaban J connectivity index is 2.43. The number of nitrogens with zero attached hydrogens (tertiary/aromatic N) is 3. The summed E-state index contributed by atoms with van der Waals surface area (Å²) in [7, 11) is 1.70. The minimum atomic E-state index is -0.278. The van der Waals surface area contributed by atoms with Gasteiger partial charge in [-0.25, -0.2) is 4.98 Å². The predicted molar refractivity (Wildman–Crippen MR) is 111 cm³/mol. The van der Waals surface area contributed by atoms with Gasteiger partial charge in [-0.15, -0.1) is 0 Å². The second kappa shape index (κ2) is 9.36. The molecule has 148 valence electrons. The molecule has 0 aliphatic heterocycles. The zero-order chi connectivity index (χ0) is 20.1. The monoisotopic (exact) mass is 391 g/mol. The third kappa shape index (κ3) is 5.10. The highest BCUT2D eigenvalue weighted by Crippen LogP contribution is 2.23. The SMILES string of the molecule is CCCCCC(=O)N(CC(C)C)C(C)c1nc2ccc(Cl)cc2c(=O)n1C. The highest BCUT2D eigenvalue weighted by molar-refractivity contribution is 6.31. The molecule has 27 heavy (non-hydrogen) atoms. The lowest BCUT2D eigenvalue weighted by Gasteiger charge is -2.31. The highest BCUT2D eigenvalue weighted by Gasteiger charge is 2.25. The molecule has 0 N–H and O–H groups in total. The number of carbonyl (C=O) groups is 1. The van der Waals surface area contributed by atoms with Crippen molar-refractivity contribution in [2.75, 3.05) is 6.54 Å². The van der Waals surface area contributed by atoms with Crippen LogP contribution in [0.4, 0.5) is 0 Å². The Kier molecular flexibility index (Phi) is 7.42. The molecule has 0 radical (unpaired) electrons. The average molecular weight is 392 g/mol. The molecule has 2 rings (SSSR count). The summed E-state index contributed by atoms with van der Waals surface area (Å²) in [6.45, 7) is 8.89. The van der Waals surface area contributed by atoms with Gasteiger partial charge in [0.05, 0.1) is 16.9 Å². The molecule has 0 saturated carbocycles. The quantitative estimate of drug-likeness (QED) is 0.612. The minimum absolute atomic E-state index is 0.120. The van der Waals surface area contributed by atoms with E-state index in [1.165, 1.54) is 4.57 Å². The van der Waals surface area contributed by atoms with Crippen LogP contribution >= 0.6 is 11.6 Å². The number of aromatic nitrogens is 2. The van der Waals surface area contributed by atoms with Gasteiger partial charge in [-0.05, 0) is 37.5 Å². The van der Waals surface area contributed by atoms with Crippen LogP contribution in [0.15, 0.2) is 23.0 Å². The van der Waals surface area contributed by atoms with Crippen molar-refractivity contribution in [3.63, 3.8) is 0 Å². The van der Waals surface area contributed by atoms with Crippen LogP contribution in [0.2, 0.25) is 5.02 Å². The lowest BCUT2D eigenvalue weighted by molar-refractivity contribution is -0.134. The molecule has 1 amide bonds. The van der Waals surface area contributed by atoms with Crippen molar-refractivity contribution < 1.29 is 4.79 Å². The largest absolute Gasteiger partial charge is 0.333 e. The molecule has 2 aromatic rings. The standard InChI is InChI=1S/C21H30ClN3O2/c1-6-7-8-9-19(26)25(13-14(2)3)15(4)20-23-18-11-10-16(22)12-17(18)21(27)24(20)5/h10-12,14-15H,6-9,13H2,1-5H3. The van der Waals surface area contributed by atoms with Crippen LogP contribution in [0.5, 0.6) is 0 Å². The van der Waals surface area contributed by atoms with Crippen molar-refractivity contribution >= 4 is 28.4 Å². The first-order chi connectivity index (χ1) is 12.8. The van der Waals surface area contributed by atoms with Crippen LogP contribution in [0.1, 0.15) is 65.2 Å². The maximum Gasteiger partial charge on any atom is 0.261 e. The number of halogens is 1. The Morgan fingerprint density at radius 2 is 1.96 bits per heavy atom. The highest BCUT2D eigenvalue weighted by atomic mass is 35.5. The molecule has 0 fully saturated rings. The summed E-state index contributed by atoms with van der Waals surface area (Å²) < 4.78 is 1.54. The summed E-state index contributed by atoms with van der Waals surface area (Å²) in [4.78, 5) is 32.2. The lowest BCUT2D eigenvalue weighted by atomic mass is 10.1. The Hall–Kier alpha value is -1.88. The van der Waals surface area contributed by atoms with E-state index in [-0.39, 0.29) is 17.5 Å². The van der Waals surface area contributed by atoms with Gasteiger partial charge in [-0.1, -0.05) is 45.2 Å². The summed E-state index contributed by atoms with van der Waals surface area (Å²) >= 11 is 6.03. The van der Waals surface area contributed by atoms with E-state index in [4.69, 9.17) is 16.6 Å². The van der Waals surface area contributed by atoms with Gasteiger partial charge in [0, 0.05) is 25.0 Å². The molecule has 0 aliphatic carbocycles. The first-order valence-electron chi connectivity index (χ1n) is 9.71. The van der Waals surface area contributed by atoms with Crippen molar-refractivity contribution in [2.45, 2.75) is 59.4 Å². The second-order valence-corrected chi connectivity index (χ2v) is 8.01. The first kappa shape index (κ1) is 21.4. The summed E-state index contributed by atoms with van der Waals surface area (Å²) in [6.07, 6.45) is 3.54. The fourth-order valence-electron chi connectivity index (χ4n) is 3.31. The third-order valence-corrected chi connectivity index (χ3v) is 5.02. The van der Waals surface area contributed by atoms with E-state index in [0.29, 0.717) is 40.6 Å². The number of fused-ring (bicyclic) bond motifs is 1. The van der Waals surface area contributed by atoms with Crippen LogP contribution in [0, 0.1) is 5.92 Å².